The summed E-state index contributed by atoms with van der Waals surface area (Å²) in [4.78, 5) is 13.4. The average molecular weight is 502 g/mol. The number of aliphatic carboxylic acids is 1. The van der Waals surface area contributed by atoms with E-state index in [0.717, 1.165) is 30.2 Å². The van der Waals surface area contributed by atoms with Gasteiger partial charge in [-0.2, -0.15) is 26.3 Å². The van der Waals surface area contributed by atoms with Crippen LogP contribution in [0.25, 0.3) is 0 Å². The summed E-state index contributed by atoms with van der Waals surface area (Å²) in [5.41, 5.74) is -0.116. The number of carbonyl (C=O) groups is 1. The minimum absolute atomic E-state index is 0.0355. The zero-order valence-electron chi connectivity index (χ0n) is 19.6. The Kier molecular flexibility index (Phi) is 8.19. The van der Waals surface area contributed by atoms with E-state index >= 15 is 0 Å². The number of hydrogen-bond acceptors (Lipinski definition) is 2. The Bertz CT molecular complexity index is 1020. The van der Waals surface area contributed by atoms with Crippen molar-refractivity contribution >= 4 is 5.97 Å². The van der Waals surface area contributed by atoms with E-state index in [0.29, 0.717) is 31.4 Å². The second kappa shape index (κ2) is 10.6. The van der Waals surface area contributed by atoms with Gasteiger partial charge in [0.1, 0.15) is 0 Å². The van der Waals surface area contributed by atoms with Gasteiger partial charge in [0.15, 0.2) is 0 Å². The summed E-state index contributed by atoms with van der Waals surface area (Å²) in [5, 5.41) is 9.46. The number of carboxylic acids is 1. The van der Waals surface area contributed by atoms with E-state index < -0.39 is 41.4 Å². The molecule has 1 aliphatic rings. The van der Waals surface area contributed by atoms with E-state index in [9.17, 15) is 36.2 Å². The Morgan fingerprint density at radius 1 is 1.06 bits per heavy atom. The number of rotatable bonds is 7. The smallest absolute Gasteiger partial charge is 0.416 e. The fourth-order valence-electron chi connectivity index (χ4n) is 4.84. The van der Waals surface area contributed by atoms with Crippen LogP contribution in [-0.4, -0.2) is 22.5 Å². The maximum atomic E-state index is 13.8. The minimum Gasteiger partial charge on any atom is -0.481 e. The van der Waals surface area contributed by atoms with Crippen molar-refractivity contribution < 1.29 is 36.2 Å². The molecule has 0 saturated carbocycles. The van der Waals surface area contributed by atoms with Gasteiger partial charge in [-0.05, 0) is 66.6 Å². The van der Waals surface area contributed by atoms with Gasteiger partial charge in [0, 0.05) is 12.6 Å². The van der Waals surface area contributed by atoms with Gasteiger partial charge in [-0.25, -0.2) is 0 Å². The molecule has 0 spiro atoms. The molecule has 35 heavy (non-hydrogen) atoms. The lowest BCUT2D eigenvalue weighted by molar-refractivity contribution is -0.144. The summed E-state index contributed by atoms with van der Waals surface area (Å²) in [7, 11) is 0. The van der Waals surface area contributed by atoms with Crippen LogP contribution in [0.5, 0.6) is 0 Å². The number of halogens is 6. The number of alkyl halides is 6. The number of nitrogens with zero attached hydrogens (tertiary/aromatic N) is 1. The SMILES string of the molecule is CCCc1ccc(C(F)(F)F)c(CN2CC[C@H](C(C)C(=O)O)C[C@@H]2c2ccc(C(F)(F)F)cc2)c1. The average Bonchev–Trinajstić information content (AvgIpc) is 2.78. The number of likely N-dealkylation sites (tertiary alicyclic amines) is 1. The first kappa shape index (κ1) is 27.0. The Hall–Kier alpha value is -2.55. The molecule has 0 radical (unpaired) electrons. The lowest BCUT2D eigenvalue weighted by Crippen LogP contribution is -2.39. The maximum Gasteiger partial charge on any atom is 0.416 e. The zero-order valence-corrected chi connectivity index (χ0v) is 19.6. The Morgan fingerprint density at radius 2 is 1.71 bits per heavy atom. The lowest BCUT2D eigenvalue weighted by atomic mass is 9.79. The lowest BCUT2D eigenvalue weighted by Gasteiger charge is -2.41. The second-order valence-electron chi connectivity index (χ2n) is 9.26. The van der Waals surface area contributed by atoms with E-state index in [1.165, 1.54) is 18.2 Å². The molecule has 1 N–H and O–H groups in total. The number of benzene rings is 2. The van der Waals surface area contributed by atoms with Crippen molar-refractivity contribution in [2.24, 2.45) is 11.8 Å². The number of piperidine rings is 1. The summed E-state index contributed by atoms with van der Waals surface area (Å²) in [6, 6.07) is 8.22. The number of hydrogen-bond donors (Lipinski definition) is 1. The molecule has 9 heteroatoms. The third-order valence-electron chi connectivity index (χ3n) is 6.86. The molecule has 1 saturated heterocycles. The van der Waals surface area contributed by atoms with Gasteiger partial charge in [0.2, 0.25) is 0 Å². The van der Waals surface area contributed by atoms with Gasteiger partial charge < -0.3 is 5.11 Å². The van der Waals surface area contributed by atoms with Gasteiger partial charge >= 0.3 is 18.3 Å². The molecule has 1 fully saturated rings. The van der Waals surface area contributed by atoms with Gasteiger partial charge in [0.25, 0.3) is 0 Å². The summed E-state index contributed by atoms with van der Waals surface area (Å²) in [6.45, 7) is 3.82. The molecule has 0 amide bonds. The molecule has 3 atom stereocenters. The summed E-state index contributed by atoms with van der Waals surface area (Å²) < 4.78 is 80.5. The van der Waals surface area contributed by atoms with E-state index in [2.05, 4.69) is 0 Å². The third kappa shape index (κ3) is 6.57. The Balaban J connectivity index is 1.98. The highest BCUT2D eigenvalue weighted by molar-refractivity contribution is 5.69. The highest BCUT2D eigenvalue weighted by Crippen LogP contribution is 2.41. The quantitative estimate of drug-likeness (QED) is 0.403. The molecule has 0 aliphatic carbocycles. The highest BCUT2D eigenvalue weighted by Gasteiger charge is 2.38. The molecule has 0 bridgehead atoms. The van der Waals surface area contributed by atoms with Crippen molar-refractivity contribution in [2.75, 3.05) is 6.54 Å². The van der Waals surface area contributed by atoms with Crippen molar-refractivity contribution in [3.8, 4) is 0 Å². The van der Waals surface area contributed by atoms with Crippen molar-refractivity contribution in [2.45, 2.75) is 64.5 Å². The monoisotopic (exact) mass is 501 g/mol. The zero-order chi connectivity index (χ0) is 26.0. The molecule has 3 nitrogen and oxygen atoms in total. The second-order valence-corrected chi connectivity index (χ2v) is 9.26. The first-order valence-electron chi connectivity index (χ1n) is 11.6. The van der Waals surface area contributed by atoms with Crippen LogP contribution in [0.2, 0.25) is 0 Å². The van der Waals surface area contributed by atoms with Crippen molar-refractivity contribution in [1.82, 2.24) is 4.90 Å². The van der Waals surface area contributed by atoms with Crippen molar-refractivity contribution in [3.05, 3.63) is 70.3 Å². The molecule has 2 aromatic carbocycles. The van der Waals surface area contributed by atoms with Crippen LogP contribution >= 0.6 is 0 Å². The Morgan fingerprint density at radius 3 is 2.26 bits per heavy atom. The molecule has 3 rings (SSSR count). The first-order chi connectivity index (χ1) is 16.3. The van der Waals surface area contributed by atoms with Crippen molar-refractivity contribution in [3.63, 3.8) is 0 Å². The van der Waals surface area contributed by atoms with Gasteiger partial charge in [-0.3, -0.25) is 9.69 Å². The van der Waals surface area contributed by atoms with Crippen LogP contribution in [0, 0.1) is 11.8 Å². The number of aryl methyl sites for hydroxylation is 1. The van der Waals surface area contributed by atoms with Crippen molar-refractivity contribution in [1.29, 1.82) is 0 Å². The van der Waals surface area contributed by atoms with Crippen LogP contribution < -0.4 is 0 Å². The van der Waals surface area contributed by atoms with E-state index in [-0.39, 0.29) is 18.0 Å². The summed E-state index contributed by atoms with van der Waals surface area (Å²) in [5.74, 6) is -1.89. The predicted molar refractivity (Wildman–Crippen MR) is 120 cm³/mol. The molecular weight excluding hydrogens is 472 g/mol. The fourth-order valence-corrected chi connectivity index (χ4v) is 4.84. The number of carboxylic acid groups (broad SMARTS) is 1. The maximum absolute atomic E-state index is 13.8. The normalized spacial score (nSPS) is 20.6. The van der Waals surface area contributed by atoms with Crippen LogP contribution in [0.1, 0.15) is 67.0 Å². The van der Waals surface area contributed by atoms with Gasteiger partial charge in [0.05, 0.1) is 17.0 Å². The van der Waals surface area contributed by atoms with Crippen LogP contribution in [0.4, 0.5) is 26.3 Å². The standard InChI is InChI=1S/C26H29F6NO2/c1-3-4-17-5-10-22(26(30,31)32)20(13-17)15-33-12-11-19(16(2)24(34)35)14-23(33)18-6-8-21(9-7-18)25(27,28)29/h5-10,13,16,19,23H,3-4,11-12,14-15H2,1-2H3,(H,34,35)/t16?,19-,23+/m0/s1. The minimum atomic E-state index is -4.54. The fraction of sp³-hybridized carbons (Fsp3) is 0.500. The summed E-state index contributed by atoms with van der Waals surface area (Å²) in [6.07, 6.45) is -6.84. The molecule has 1 unspecified atom stereocenters. The molecular formula is C26H29F6NO2. The topological polar surface area (TPSA) is 40.5 Å². The molecule has 192 valence electrons. The van der Waals surface area contributed by atoms with Crippen LogP contribution in [0.15, 0.2) is 42.5 Å². The van der Waals surface area contributed by atoms with E-state index in [1.54, 1.807) is 13.0 Å². The largest absolute Gasteiger partial charge is 0.481 e. The van der Waals surface area contributed by atoms with E-state index in [1.807, 2.05) is 11.8 Å². The van der Waals surface area contributed by atoms with Crippen LogP contribution in [0.3, 0.4) is 0 Å². The van der Waals surface area contributed by atoms with Crippen LogP contribution in [-0.2, 0) is 30.1 Å². The molecule has 1 heterocycles. The Labute approximate surface area is 200 Å². The predicted octanol–water partition coefficient (Wildman–Crippen LogP) is 7.35. The van der Waals surface area contributed by atoms with Gasteiger partial charge in [-0.1, -0.05) is 44.5 Å². The van der Waals surface area contributed by atoms with Gasteiger partial charge in [-0.15, -0.1) is 0 Å². The molecule has 0 aromatic heterocycles. The third-order valence-corrected chi connectivity index (χ3v) is 6.86. The molecule has 1 aliphatic heterocycles. The first-order valence-corrected chi connectivity index (χ1v) is 11.6. The highest BCUT2D eigenvalue weighted by atomic mass is 19.4. The summed E-state index contributed by atoms with van der Waals surface area (Å²) >= 11 is 0. The van der Waals surface area contributed by atoms with E-state index in [4.69, 9.17) is 0 Å². The molecule has 2 aromatic rings.